The molecule has 0 heterocycles. The standard InChI is InChI=1S/C8H10Cl2/c9-7-4-5-1-2-6(3-5)8(7)10/h4-6,8H,1-3H2/t5-,6-,8-/m0/s1. The van der Waals surface area contributed by atoms with Gasteiger partial charge in [-0.1, -0.05) is 17.7 Å². The molecule has 3 atom stereocenters. The third kappa shape index (κ3) is 0.981. The molecular weight excluding hydrogens is 167 g/mol. The largest absolute Gasteiger partial charge is 0.117 e. The number of alkyl halides is 1. The summed E-state index contributed by atoms with van der Waals surface area (Å²) >= 11 is 12.0. The van der Waals surface area contributed by atoms with Crippen LogP contribution >= 0.6 is 23.2 Å². The van der Waals surface area contributed by atoms with E-state index in [0.29, 0.717) is 5.92 Å². The van der Waals surface area contributed by atoms with Gasteiger partial charge in [-0.25, -0.2) is 0 Å². The molecular formula is C8H10Cl2. The van der Waals surface area contributed by atoms with Crippen molar-refractivity contribution < 1.29 is 0 Å². The third-order valence-electron chi connectivity index (χ3n) is 2.59. The van der Waals surface area contributed by atoms with Crippen LogP contribution in [0.15, 0.2) is 11.1 Å². The summed E-state index contributed by atoms with van der Waals surface area (Å²) in [4.78, 5) is 0. The van der Waals surface area contributed by atoms with Crippen LogP contribution in [0, 0.1) is 11.8 Å². The first-order chi connectivity index (χ1) is 4.77. The Hall–Kier alpha value is 0.320. The highest BCUT2D eigenvalue weighted by atomic mass is 35.5. The molecule has 0 aromatic heterocycles. The molecule has 2 rings (SSSR count). The van der Waals surface area contributed by atoms with Gasteiger partial charge in [0.2, 0.25) is 0 Å². The molecule has 2 heteroatoms. The number of halogens is 2. The average Bonchev–Trinajstić information content (AvgIpc) is 2.29. The Kier molecular flexibility index (Phi) is 1.69. The van der Waals surface area contributed by atoms with Crippen molar-refractivity contribution >= 4 is 23.2 Å². The minimum absolute atomic E-state index is 0.125. The Bertz CT molecular complexity index is 174. The van der Waals surface area contributed by atoms with E-state index < -0.39 is 0 Å². The van der Waals surface area contributed by atoms with Crippen molar-refractivity contribution in [1.29, 1.82) is 0 Å². The molecule has 1 fully saturated rings. The highest BCUT2D eigenvalue weighted by Gasteiger charge is 2.34. The van der Waals surface area contributed by atoms with E-state index in [1.165, 1.54) is 19.3 Å². The lowest BCUT2D eigenvalue weighted by molar-refractivity contribution is 0.520. The van der Waals surface area contributed by atoms with E-state index in [1.807, 2.05) is 0 Å². The van der Waals surface area contributed by atoms with Crippen LogP contribution in [0.5, 0.6) is 0 Å². The van der Waals surface area contributed by atoms with Gasteiger partial charge in [0, 0.05) is 5.03 Å². The number of allylic oxidation sites excluding steroid dienone is 2. The maximum atomic E-state index is 6.06. The zero-order chi connectivity index (χ0) is 7.14. The molecule has 0 spiro atoms. The summed E-state index contributed by atoms with van der Waals surface area (Å²) in [5, 5.41) is 1.01. The molecule has 2 bridgehead atoms. The normalized spacial score (nSPS) is 45.4. The maximum Gasteiger partial charge on any atom is 0.0717 e. The monoisotopic (exact) mass is 176 g/mol. The highest BCUT2D eigenvalue weighted by molar-refractivity contribution is 6.37. The van der Waals surface area contributed by atoms with Crippen molar-refractivity contribution in [1.82, 2.24) is 0 Å². The topological polar surface area (TPSA) is 0 Å². The fourth-order valence-electron chi connectivity index (χ4n) is 2.01. The number of fused-ring (bicyclic) bond motifs is 2. The first-order valence-electron chi connectivity index (χ1n) is 3.78. The van der Waals surface area contributed by atoms with Crippen molar-refractivity contribution in [3.8, 4) is 0 Å². The molecule has 0 unspecified atom stereocenters. The third-order valence-corrected chi connectivity index (χ3v) is 3.65. The van der Waals surface area contributed by atoms with E-state index in [9.17, 15) is 0 Å². The van der Waals surface area contributed by atoms with Gasteiger partial charge in [0.05, 0.1) is 5.38 Å². The predicted molar refractivity (Wildman–Crippen MR) is 44.4 cm³/mol. The molecule has 0 N–H and O–H groups in total. The van der Waals surface area contributed by atoms with Gasteiger partial charge in [0.1, 0.15) is 0 Å². The first kappa shape index (κ1) is 7.00. The average molecular weight is 177 g/mol. The lowest BCUT2D eigenvalue weighted by Gasteiger charge is -2.20. The summed E-state index contributed by atoms with van der Waals surface area (Å²) in [6, 6.07) is 0. The van der Waals surface area contributed by atoms with Gasteiger partial charge in [-0.05, 0) is 31.1 Å². The quantitative estimate of drug-likeness (QED) is 0.498. The van der Waals surface area contributed by atoms with Gasteiger partial charge in [-0.2, -0.15) is 0 Å². The van der Waals surface area contributed by atoms with Crippen molar-refractivity contribution in [3.05, 3.63) is 11.1 Å². The molecule has 2 aliphatic rings. The summed E-state index contributed by atoms with van der Waals surface area (Å²) in [6.07, 6.45) is 5.97. The van der Waals surface area contributed by atoms with Gasteiger partial charge in [-0.3, -0.25) is 0 Å². The van der Waals surface area contributed by atoms with Crippen molar-refractivity contribution in [2.75, 3.05) is 0 Å². The highest BCUT2D eigenvalue weighted by Crippen LogP contribution is 2.44. The zero-order valence-electron chi connectivity index (χ0n) is 5.69. The number of hydrogen-bond donors (Lipinski definition) is 0. The minimum Gasteiger partial charge on any atom is -0.117 e. The van der Waals surface area contributed by atoms with Crippen LogP contribution in [0.4, 0.5) is 0 Å². The molecule has 0 amide bonds. The maximum absolute atomic E-state index is 6.06. The lowest BCUT2D eigenvalue weighted by atomic mass is 9.95. The number of hydrogen-bond acceptors (Lipinski definition) is 0. The second-order valence-corrected chi connectivity index (χ2v) is 4.19. The van der Waals surface area contributed by atoms with Crippen LogP contribution in [0.25, 0.3) is 0 Å². The van der Waals surface area contributed by atoms with Gasteiger partial charge < -0.3 is 0 Å². The van der Waals surface area contributed by atoms with E-state index in [2.05, 4.69) is 6.08 Å². The van der Waals surface area contributed by atoms with Crippen LogP contribution < -0.4 is 0 Å². The van der Waals surface area contributed by atoms with E-state index in [4.69, 9.17) is 23.2 Å². The van der Waals surface area contributed by atoms with Gasteiger partial charge in [-0.15, -0.1) is 11.6 Å². The zero-order valence-corrected chi connectivity index (χ0v) is 7.20. The predicted octanol–water partition coefficient (Wildman–Crippen LogP) is 3.15. The van der Waals surface area contributed by atoms with E-state index in [-0.39, 0.29) is 5.38 Å². The summed E-state index contributed by atoms with van der Waals surface area (Å²) in [5.74, 6) is 1.41. The van der Waals surface area contributed by atoms with Crippen LogP contribution in [-0.4, -0.2) is 5.38 Å². The van der Waals surface area contributed by atoms with Crippen molar-refractivity contribution in [2.45, 2.75) is 24.6 Å². The Labute approximate surface area is 71.2 Å². The van der Waals surface area contributed by atoms with Crippen molar-refractivity contribution in [2.24, 2.45) is 11.8 Å². The second-order valence-electron chi connectivity index (χ2n) is 3.29. The molecule has 0 aliphatic heterocycles. The fraction of sp³-hybridized carbons (Fsp3) is 0.750. The Balaban J connectivity index is 2.25. The first-order valence-corrected chi connectivity index (χ1v) is 4.60. The summed E-state index contributed by atoms with van der Waals surface area (Å²) in [7, 11) is 0. The smallest absolute Gasteiger partial charge is 0.0717 e. The van der Waals surface area contributed by atoms with Crippen LogP contribution in [0.1, 0.15) is 19.3 Å². The van der Waals surface area contributed by atoms with Gasteiger partial charge in [0.25, 0.3) is 0 Å². The Morgan fingerprint density at radius 1 is 1.40 bits per heavy atom. The van der Waals surface area contributed by atoms with Crippen LogP contribution in [0.3, 0.4) is 0 Å². The Morgan fingerprint density at radius 3 is 3.00 bits per heavy atom. The molecule has 2 aliphatic carbocycles. The molecule has 1 saturated carbocycles. The van der Waals surface area contributed by atoms with E-state index in [1.54, 1.807) is 0 Å². The molecule has 0 aromatic carbocycles. The summed E-state index contributed by atoms with van der Waals surface area (Å²) in [5.41, 5.74) is 0. The molecule has 0 radical (unpaired) electrons. The molecule has 0 saturated heterocycles. The van der Waals surface area contributed by atoms with E-state index in [0.717, 1.165) is 11.0 Å². The van der Waals surface area contributed by atoms with Crippen LogP contribution in [-0.2, 0) is 0 Å². The van der Waals surface area contributed by atoms with E-state index >= 15 is 0 Å². The lowest BCUT2D eigenvalue weighted by Crippen LogP contribution is -2.15. The molecule has 56 valence electrons. The summed E-state index contributed by atoms with van der Waals surface area (Å²) in [6.45, 7) is 0. The Morgan fingerprint density at radius 2 is 2.20 bits per heavy atom. The number of rotatable bonds is 0. The molecule has 0 aromatic rings. The fourth-order valence-corrected chi connectivity index (χ4v) is 2.67. The second kappa shape index (κ2) is 2.42. The van der Waals surface area contributed by atoms with Gasteiger partial charge in [0.15, 0.2) is 0 Å². The van der Waals surface area contributed by atoms with Crippen LogP contribution in [0.2, 0.25) is 0 Å². The van der Waals surface area contributed by atoms with Gasteiger partial charge >= 0.3 is 0 Å². The minimum atomic E-state index is 0.125. The summed E-state index contributed by atoms with van der Waals surface area (Å²) < 4.78 is 0. The SMILES string of the molecule is ClC1=C[C@H]2CC[C@@H](C2)[C@@H]1Cl. The molecule has 10 heavy (non-hydrogen) atoms. The van der Waals surface area contributed by atoms with Crippen molar-refractivity contribution in [3.63, 3.8) is 0 Å². The molecule has 0 nitrogen and oxygen atoms in total.